The second-order valence-corrected chi connectivity index (χ2v) is 1.26. The Morgan fingerprint density at radius 3 is 3.25 bits per heavy atom. The van der Waals surface area contributed by atoms with Crippen LogP contribution in [-0.4, -0.2) is 11.8 Å². The number of aromatic nitrogens is 1. The quantitative estimate of drug-likeness (QED) is 0.575. The second-order valence-electron chi connectivity index (χ2n) is 1.26. The van der Waals surface area contributed by atoms with Crippen molar-refractivity contribution in [1.29, 1.82) is 0 Å². The van der Waals surface area contributed by atoms with Gasteiger partial charge < -0.3 is 9.26 Å². The molecule has 0 aromatic carbocycles. The van der Waals surface area contributed by atoms with E-state index >= 15 is 0 Å². The fourth-order valence-electron chi connectivity index (χ4n) is 0.421. The molecule has 0 aliphatic carbocycles. The predicted molar refractivity (Wildman–Crippen MR) is 27.7 cm³/mol. The van der Waals surface area contributed by atoms with Crippen LogP contribution in [0.3, 0.4) is 0 Å². The van der Waals surface area contributed by atoms with Crippen LogP contribution in [0, 0.1) is 0 Å². The van der Waals surface area contributed by atoms with Crippen molar-refractivity contribution in [2.24, 2.45) is 0 Å². The largest absolute Gasteiger partial charge is 0.464 e. The van der Waals surface area contributed by atoms with Crippen molar-refractivity contribution < 1.29 is 9.26 Å². The van der Waals surface area contributed by atoms with Crippen LogP contribution < -0.4 is 4.74 Å². The molecular formula is C5H7NO2. The van der Waals surface area contributed by atoms with Crippen molar-refractivity contribution in [2.45, 2.75) is 6.92 Å². The summed E-state index contributed by atoms with van der Waals surface area (Å²) >= 11 is 0. The first-order chi connectivity index (χ1) is 3.93. The number of hydrogen-bond acceptors (Lipinski definition) is 3. The lowest BCUT2D eigenvalue weighted by Crippen LogP contribution is -1.87. The molecule has 0 aliphatic heterocycles. The van der Waals surface area contributed by atoms with Gasteiger partial charge in [0.25, 0.3) is 0 Å². The minimum atomic E-state index is 0.479. The molecule has 8 heavy (non-hydrogen) atoms. The zero-order valence-electron chi connectivity index (χ0n) is 4.63. The smallest absolute Gasteiger partial charge is 0.311 e. The molecule has 1 heterocycles. The van der Waals surface area contributed by atoms with E-state index in [9.17, 15) is 0 Å². The molecule has 0 N–H and O–H groups in total. The monoisotopic (exact) mass is 113 g/mol. The third-order valence-corrected chi connectivity index (χ3v) is 0.701. The Bertz CT molecular complexity index is 136. The molecule has 3 heteroatoms. The molecule has 3 nitrogen and oxygen atoms in total. The molecule has 0 saturated carbocycles. The fourth-order valence-corrected chi connectivity index (χ4v) is 0.421. The molecule has 0 amide bonds. The molecule has 0 spiro atoms. The van der Waals surface area contributed by atoms with Gasteiger partial charge in [0.15, 0.2) is 0 Å². The third-order valence-electron chi connectivity index (χ3n) is 0.701. The van der Waals surface area contributed by atoms with Crippen LogP contribution in [-0.2, 0) is 0 Å². The van der Waals surface area contributed by atoms with Gasteiger partial charge in [-0.05, 0) is 6.92 Å². The first-order valence-electron chi connectivity index (χ1n) is 2.47. The zero-order valence-corrected chi connectivity index (χ0v) is 4.63. The summed E-state index contributed by atoms with van der Waals surface area (Å²) in [6.45, 7) is 2.51. The Hall–Kier alpha value is -0.990. The maximum absolute atomic E-state index is 4.92. The lowest BCUT2D eigenvalue weighted by atomic mass is 10.7. The molecule has 1 aromatic rings. The van der Waals surface area contributed by atoms with Crippen LogP contribution in [0.2, 0.25) is 0 Å². The molecule has 0 saturated heterocycles. The van der Waals surface area contributed by atoms with E-state index in [0.29, 0.717) is 12.6 Å². The van der Waals surface area contributed by atoms with E-state index < -0.39 is 0 Å². The van der Waals surface area contributed by atoms with E-state index in [1.54, 1.807) is 12.3 Å². The summed E-state index contributed by atoms with van der Waals surface area (Å²) in [5.41, 5.74) is 0. The topological polar surface area (TPSA) is 35.3 Å². The highest BCUT2D eigenvalue weighted by molar-refractivity contribution is 4.98. The Kier molecular flexibility index (Phi) is 1.51. The summed E-state index contributed by atoms with van der Waals surface area (Å²) in [4.78, 5) is 0. The molecule has 1 rings (SSSR count). The van der Waals surface area contributed by atoms with Crippen molar-refractivity contribution in [2.75, 3.05) is 6.61 Å². The molecule has 0 radical (unpaired) electrons. The minimum Gasteiger partial charge on any atom is -0.464 e. The SMILES string of the molecule is CCOc1ccno1. The molecule has 0 atom stereocenters. The van der Waals surface area contributed by atoms with Gasteiger partial charge in [0.1, 0.15) is 0 Å². The number of nitrogens with zero attached hydrogens (tertiary/aromatic N) is 1. The van der Waals surface area contributed by atoms with Crippen LogP contribution in [0.1, 0.15) is 6.92 Å². The van der Waals surface area contributed by atoms with Crippen LogP contribution in [0.5, 0.6) is 5.95 Å². The zero-order chi connectivity index (χ0) is 5.82. The minimum absolute atomic E-state index is 0.479. The van der Waals surface area contributed by atoms with E-state index in [1.807, 2.05) is 6.92 Å². The van der Waals surface area contributed by atoms with E-state index in [4.69, 9.17) is 4.74 Å². The van der Waals surface area contributed by atoms with Gasteiger partial charge in [-0.25, -0.2) is 0 Å². The Labute approximate surface area is 47.2 Å². The van der Waals surface area contributed by atoms with Gasteiger partial charge in [-0.1, -0.05) is 5.16 Å². The van der Waals surface area contributed by atoms with Crippen LogP contribution in [0.4, 0.5) is 0 Å². The Morgan fingerprint density at radius 2 is 2.75 bits per heavy atom. The van der Waals surface area contributed by atoms with E-state index in [-0.39, 0.29) is 0 Å². The summed E-state index contributed by atoms with van der Waals surface area (Å²) in [7, 11) is 0. The van der Waals surface area contributed by atoms with E-state index in [2.05, 4.69) is 9.68 Å². The molecule has 1 aromatic heterocycles. The van der Waals surface area contributed by atoms with Crippen molar-refractivity contribution in [3.05, 3.63) is 12.3 Å². The normalized spacial score (nSPS) is 9.12. The van der Waals surface area contributed by atoms with Crippen molar-refractivity contribution in [3.63, 3.8) is 0 Å². The van der Waals surface area contributed by atoms with Gasteiger partial charge in [0.2, 0.25) is 0 Å². The maximum atomic E-state index is 4.92. The first kappa shape index (κ1) is 5.15. The van der Waals surface area contributed by atoms with Crippen molar-refractivity contribution in [3.8, 4) is 5.95 Å². The van der Waals surface area contributed by atoms with Crippen LogP contribution >= 0.6 is 0 Å². The van der Waals surface area contributed by atoms with Gasteiger partial charge in [-0.2, -0.15) is 0 Å². The van der Waals surface area contributed by atoms with Gasteiger partial charge in [0, 0.05) is 6.07 Å². The van der Waals surface area contributed by atoms with Crippen LogP contribution in [0.15, 0.2) is 16.8 Å². The molecular weight excluding hydrogens is 106 g/mol. The lowest BCUT2D eigenvalue weighted by Gasteiger charge is -1.90. The molecule has 0 bridgehead atoms. The summed E-state index contributed by atoms with van der Waals surface area (Å²) < 4.78 is 9.52. The third kappa shape index (κ3) is 0.992. The van der Waals surface area contributed by atoms with Gasteiger partial charge in [-0.15, -0.1) is 0 Å². The van der Waals surface area contributed by atoms with Crippen molar-refractivity contribution in [1.82, 2.24) is 5.16 Å². The van der Waals surface area contributed by atoms with Gasteiger partial charge >= 0.3 is 5.95 Å². The Morgan fingerprint density at radius 1 is 1.88 bits per heavy atom. The fraction of sp³-hybridized carbons (Fsp3) is 0.400. The standard InChI is InChI=1S/C5H7NO2/c1-2-7-5-3-4-6-8-5/h3-4H,2H2,1H3. The van der Waals surface area contributed by atoms with Crippen molar-refractivity contribution >= 4 is 0 Å². The summed E-state index contributed by atoms with van der Waals surface area (Å²) in [6, 6.07) is 1.67. The van der Waals surface area contributed by atoms with E-state index in [1.165, 1.54) is 0 Å². The lowest BCUT2D eigenvalue weighted by molar-refractivity contribution is 0.225. The molecule has 0 unspecified atom stereocenters. The van der Waals surface area contributed by atoms with Crippen LogP contribution in [0.25, 0.3) is 0 Å². The second kappa shape index (κ2) is 2.35. The summed E-state index contributed by atoms with van der Waals surface area (Å²) in [5, 5.41) is 3.44. The number of hydrogen-bond donors (Lipinski definition) is 0. The molecule has 0 fully saturated rings. The highest BCUT2D eigenvalue weighted by atomic mass is 16.6. The highest BCUT2D eigenvalue weighted by Crippen LogP contribution is 2.05. The highest BCUT2D eigenvalue weighted by Gasteiger charge is 1.90. The number of ether oxygens (including phenoxy) is 1. The number of rotatable bonds is 2. The summed E-state index contributed by atoms with van der Waals surface area (Å²) in [5.74, 6) is 0.479. The summed E-state index contributed by atoms with van der Waals surface area (Å²) in [6.07, 6.45) is 1.55. The predicted octanol–water partition coefficient (Wildman–Crippen LogP) is 1.07. The van der Waals surface area contributed by atoms with Gasteiger partial charge in [0.05, 0.1) is 12.8 Å². The maximum Gasteiger partial charge on any atom is 0.311 e. The average Bonchev–Trinajstić information content (AvgIpc) is 2.19. The Balaban J connectivity index is 2.50. The molecule has 0 aliphatic rings. The van der Waals surface area contributed by atoms with Gasteiger partial charge in [-0.3, -0.25) is 0 Å². The van der Waals surface area contributed by atoms with E-state index in [0.717, 1.165) is 0 Å². The molecule has 44 valence electrons. The average molecular weight is 113 g/mol. The first-order valence-corrected chi connectivity index (χ1v) is 2.47.